The second-order valence-corrected chi connectivity index (χ2v) is 5.28. The van der Waals surface area contributed by atoms with Gasteiger partial charge in [-0.2, -0.15) is 5.26 Å². The average molecular weight is 308 g/mol. The molecule has 0 saturated heterocycles. The first-order valence-electron chi connectivity index (χ1n) is 7.36. The number of benzene rings is 2. The lowest BCUT2D eigenvalue weighted by Crippen LogP contribution is -2.30. The normalized spacial score (nSPS) is 16.1. The fourth-order valence-corrected chi connectivity index (χ4v) is 2.71. The van der Waals surface area contributed by atoms with Crippen molar-refractivity contribution in [2.75, 3.05) is 13.2 Å². The van der Waals surface area contributed by atoms with E-state index in [9.17, 15) is 10.1 Å². The van der Waals surface area contributed by atoms with E-state index < -0.39 is 6.04 Å². The topological polar surface area (TPSA) is 73.6 Å². The quantitative estimate of drug-likeness (QED) is 0.919. The molecule has 0 aromatic heterocycles. The fourth-order valence-electron chi connectivity index (χ4n) is 2.71. The second kappa shape index (κ2) is 6.51. The number of amides is 1. The minimum absolute atomic E-state index is 0.145. The molecule has 1 heterocycles. The van der Waals surface area contributed by atoms with Crippen LogP contribution in [0.1, 0.15) is 27.5 Å². The van der Waals surface area contributed by atoms with Crippen LogP contribution in [0.15, 0.2) is 48.5 Å². The van der Waals surface area contributed by atoms with Gasteiger partial charge >= 0.3 is 0 Å². The summed E-state index contributed by atoms with van der Waals surface area (Å²) in [5.41, 5.74) is 2.18. The molecule has 2 aromatic rings. The Balaban J connectivity index is 1.81. The van der Waals surface area contributed by atoms with E-state index in [1.807, 2.05) is 30.3 Å². The number of aliphatic hydroxyl groups excluding tert-OH is 1. The van der Waals surface area contributed by atoms with Gasteiger partial charge in [-0.3, -0.25) is 4.79 Å². The molecule has 3 rings (SSSR count). The van der Waals surface area contributed by atoms with Gasteiger partial charge in [0.15, 0.2) is 0 Å². The largest absolute Gasteiger partial charge is 0.489 e. The lowest BCUT2D eigenvalue weighted by atomic mass is 10.1. The minimum Gasteiger partial charge on any atom is -0.489 e. The summed E-state index contributed by atoms with van der Waals surface area (Å²) in [4.78, 5) is 13.7. The molecule has 1 unspecified atom stereocenters. The van der Waals surface area contributed by atoms with Gasteiger partial charge in [0.25, 0.3) is 5.91 Å². The van der Waals surface area contributed by atoms with Crippen molar-refractivity contribution in [2.45, 2.75) is 12.6 Å². The fraction of sp³-hybridized carbons (Fsp3) is 0.222. The van der Waals surface area contributed by atoms with Crippen LogP contribution < -0.4 is 4.74 Å². The third kappa shape index (κ3) is 2.89. The number of ether oxygens (including phenoxy) is 1. The van der Waals surface area contributed by atoms with Crippen molar-refractivity contribution in [2.24, 2.45) is 0 Å². The van der Waals surface area contributed by atoms with Gasteiger partial charge in [-0.05, 0) is 23.8 Å². The summed E-state index contributed by atoms with van der Waals surface area (Å²) < 4.78 is 5.75. The van der Waals surface area contributed by atoms with Crippen LogP contribution in [-0.2, 0) is 6.61 Å². The molecule has 5 nitrogen and oxygen atoms in total. The Bertz CT molecular complexity index is 753. The molecule has 0 radical (unpaired) electrons. The van der Waals surface area contributed by atoms with Crippen molar-refractivity contribution in [3.63, 3.8) is 0 Å². The highest BCUT2D eigenvalue weighted by Gasteiger charge is 2.36. The Morgan fingerprint density at radius 3 is 2.70 bits per heavy atom. The maximum absolute atomic E-state index is 12.3. The first kappa shape index (κ1) is 15.1. The lowest BCUT2D eigenvalue weighted by molar-refractivity contribution is 0.0721. The van der Waals surface area contributed by atoms with Crippen LogP contribution in [0.4, 0.5) is 0 Å². The molecule has 0 aliphatic carbocycles. The van der Waals surface area contributed by atoms with Crippen LogP contribution in [0.5, 0.6) is 5.75 Å². The van der Waals surface area contributed by atoms with E-state index in [1.165, 1.54) is 4.90 Å². The van der Waals surface area contributed by atoms with Gasteiger partial charge in [0.1, 0.15) is 18.4 Å². The predicted molar refractivity (Wildman–Crippen MR) is 83.7 cm³/mol. The zero-order chi connectivity index (χ0) is 16.2. The summed E-state index contributed by atoms with van der Waals surface area (Å²) in [6.07, 6.45) is 0. The van der Waals surface area contributed by atoms with E-state index in [2.05, 4.69) is 6.07 Å². The van der Waals surface area contributed by atoms with Gasteiger partial charge in [0.05, 0.1) is 12.7 Å². The molecule has 23 heavy (non-hydrogen) atoms. The monoisotopic (exact) mass is 308 g/mol. The summed E-state index contributed by atoms with van der Waals surface area (Å²) in [6.45, 7) is 0.395. The Kier molecular flexibility index (Phi) is 4.26. The third-order valence-corrected chi connectivity index (χ3v) is 3.83. The molecule has 1 atom stereocenters. The SMILES string of the molecule is N#CC1c2cc(OCc3ccccc3)ccc2C(=O)N1CCO. The standard InChI is InChI=1S/C18H16N2O3/c19-11-17-16-10-14(23-12-13-4-2-1-3-5-13)6-7-15(16)18(22)20(17)8-9-21/h1-7,10,17,21H,8-9,12H2. The molecule has 1 aliphatic rings. The predicted octanol–water partition coefficient (Wildman–Crippen LogP) is 2.28. The Labute approximate surface area is 134 Å². The summed E-state index contributed by atoms with van der Waals surface area (Å²) in [7, 11) is 0. The molecular formula is C18H16N2O3. The molecule has 116 valence electrons. The number of carbonyl (C=O) groups excluding carboxylic acids is 1. The second-order valence-electron chi connectivity index (χ2n) is 5.28. The van der Waals surface area contributed by atoms with Gasteiger partial charge in [-0.15, -0.1) is 0 Å². The summed E-state index contributed by atoms with van der Waals surface area (Å²) in [5.74, 6) is 0.390. The molecule has 1 N–H and O–H groups in total. The number of nitrogens with zero attached hydrogens (tertiary/aromatic N) is 2. The average Bonchev–Trinajstić information content (AvgIpc) is 2.86. The number of β-amino-alcohol motifs (C(OH)–C–C–N with tert-alkyl or cyclic N) is 1. The molecule has 1 aliphatic heterocycles. The maximum atomic E-state index is 12.3. The molecule has 0 fully saturated rings. The molecule has 0 spiro atoms. The first-order chi connectivity index (χ1) is 11.2. The number of fused-ring (bicyclic) bond motifs is 1. The highest BCUT2D eigenvalue weighted by Crippen LogP contribution is 2.35. The molecule has 0 saturated carbocycles. The summed E-state index contributed by atoms with van der Waals surface area (Å²) in [5, 5.41) is 18.4. The van der Waals surface area contributed by atoms with Crippen molar-refractivity contribution in [1.82, 2.24) is 4.90 Å². The Hall–Kier alpha value is -2.84. The van der Waals surface area contributed by atoms with Crippen LogP contribution in [-0.4, -0.2) is 29.1 Å². The molecular weight excluding hydrogens is 292 g/mol. The van der Waals surface area contributed by atoms with Gasteiger partial charge in [-0.25, -0.2) is 0 Å². The van der Waals surface area contributed by atoms with Crippen LogP contribution in [0.25, 0.3) is 0 Å². The summed E-state index contributed by atoms with van der Waals surface area (Å²) >= 11 is 0. The third-order valence-electron chi connectivity index (χ3n) is 3.83. The van der Waals surface area contributed by atoms with Crippen LogP contribution >= 0.6 is 0 Å². The van der Waals surface area contributed by atoms with Gasteiger partial charge in [0.2, 0.25) is 0 Å². The van der Waals surface area contributed by atoms with Crippen molar-refractivity contribution >= 4 is 5.91 Å². The number of aliphatic hydroxyl groups is 1. The van der Waals surface area contributed by atoms with E-state index >= 15 is 0 Å². The van der Waals surface area contributed by atoms with Crippen molar-refractivity contribution < 1.29 is 14.6 Å². The smallest absolute Gasteiger partial charge is 0.255 e. The number of rotatable bonds is 5. The highest BCUT2D eigenvalue weighted by atomic mass is 16.5. The van der Waals surface area contributed by atoms with Crippen molar-refractivity contribution in [3.8, 4) is 11.8 Å². The number of hydrogen-bond acceptors (Lipinski definition) is 4. The van der Waals surface area contributed by atoms with Crippen LogP contribution in [0.2, 0.25) is 0 Å². The van der Waals surface area contributed by atoms with Crippen molar-refractivity contribution in [3.05, 3.63) is 65.2 Å². The maximum Gasteiger partial charge on any atom is 0.255 e. The van der Waals surface area contributed by atoms with E-state index in [4.69, 9.17) is 9.84 Å². The highest BCUT2D eigenvalue weighted by molar-refractivity contribution is 5.99. The number of hydrogen-bond donors (Lipinski definition) is 1. The van der Waals surface area contributed by atoms with E-state index in [0.717, 1.165) is 5.56 Å². The van der Waals surface area contributed by atoms with Crippen molar-refractivity contribution in [1.29, 1.82) is 5.26 Å². The van der Waals surface area contributed by atoms with Gasteiger partial charge in [-0.1, -0.05) is 30.3 Å². The van der Waals surface area contributed by atoms with Crippen LogP contribution in [0.3, 0.4) is 0 Å². The first-order valence-corrected chi connectivity index (χ1v) is 7.36. The Morgan fingerprint density at radius 2 is 2.00 bits per heavy atom. The van der Waals surface area contributed by atoms with E-state index in [1.54, 1.807) is 18.2 Å². The lowest BCUT2D eigenvalue weighted by Gasteiger charge is -2.18. The van der Waals surface area contributed by atoms with Crippen LogP contribution in [0, 0.1) is 11.3 Å². The zero-order valence-electron chi connectivity index (χ0n) is 12.5. The number of nitriles is 1. The van der Waals surface area contributed by atoms with E-state index in [0.29, 0.717) is 23.5 Å². The number of carbonyl (C=O) groups is 1. The molecule has 2 aromatic carbocycles. The molecule has 1 amide bonds. The minimum atomic E-state index is -0.676. The van der Waals surface area contributed by atoms with E-state index in [-0.39, 0.29) is 19.1 Å². The Morgan fingerprint density at radius 1 is 1.22 bits per heavy atom. The van der Waals surface area contributed by atoms with Gasteiger partial charge in [0, 0.05) is 17.7 Å². The summed E-state index contributed by atoms with van der Waals surface area (Å²) in [6, 6.07) is 16.4. The van der Waals surface area contributed by atoms with Gasteiger partial charge < -0.3 is 14.7 Å². The molecule has 5 heteroatoms. The molecule has 0 bridgehead atoms. The zero-order valence-corrected chi connectivity index (χ0v) is 12.5.